The smallest absolute Gasteiger partial charge is 0.168 e. The molecule has 0 fully saturated rings. The Hall–Kier alpha value is -1.23. The van der Waals surface area contributed by atoms with E-state index in [2.05, 4.69) is 0 Å². The molecule has 0 aliphatic heterocycles. The second-order valence-electron chi connectivity index (χ2n) is 1.93. The second-order valence-corrected chi connectivity index (χ2v) is 2.96. The van der Waals surface area contributed by atoms with Crippen LogP contribution in [0, 0.1) is 0 Å². The van der Waals surface area contributed by atoms with Gasteiger partial charge in [0.05, 0.1) is 4.90 Å². The zero-order valence-corrected chi connectivity index (χ0v) is 6.28. The van der Waals surface area contributed by atoms with E-state index in [9.17, 15) is 8.42 Å². The second kappa shape index (κ2) is 2.79. The Bertz CT molecular complexity index is 334. The molecule has 0 saturated heterocycles. The molecule has 2 N–H and O–H groups in total. The highest BCUT2D eigenvalue weighted by Crippen LogP contribution is 2.25. The van der Waals surface area contributed by atoms with Crippen LogP contribution in [-0.4, -0.2) is 18.6 Å². The number of benzene rings is 1. The summed E-state index contributed by atoms with van der Waals surface area (Å²) in [4.78, 5) is -0.0182. The highest BCUT2D eigenvalue weighted by molar-refractivity contribution is 7.72. The Morgan fingerprint density at radius 1 is 1.09 bits per heavy atom. The van der Waals surface area contributed by atoms with Crippen molar-refractivity contribution < 1.29 is 18.6 Å². The molecule has 0 aliphatic carbocycles. The first-order chi connectivity index (χ1) is 5.11. The Morgan fingerprint density at radius 3 is 2.18 bits per heavy atom. The van der Waals surface area contributed by atoms with Crippen LogP contribution in [0.3, 0.4) is 0 Å². The van der Waals surface area contributed by atoms with Crippen molar-refractivity contribution in [2.24, 2.45) is 0 Å². The van der Waals surface area contributed by atoms with E-state index in [1.807, 2.05) is 0 Å². The van der Waals surface area contributed by atoms with Gasteiger partial charge in [0.1, 0.15) is 0 Å². The topological polar surface area (TPSA) is 74.6 Å². The minimum atomic E-state index is -2.70. The molecular weight excluding hydrogens is 168 g/mol. The van der Waals surface area contributed by atoms with Crippen molar-refractivity contribution in [3.63, 3.8) is 0 Å². The minimum Gasteiger partial charge on any atom is -0.504 e. The lowest BCUT2D eigenvalue weighted by Crippen LogP contribution is -1.78. The summed E-state index contributed by atoms with van der Waals surface area (Å²) in [5.41, 5.74) is 0. The Kier molecular flexibility index (Phi) is 2.00. The van der Waals surface area contributed by atoms with Crippen LogP contribution >= 0.6 is 0 Å². The highest BCUT2D eigenvalue weighted by atomic mass is 32.2. The molecule has 1 rings (SSSR count). The predicted octanol–water partition coefficient (Wildman–Crippen LogP) is 0.0681. The molecular formula is C6H6O4S. The van der Waals surface area contributed by atoms with Crippen LogP contribution in [0.1, 0.15) is 0 Å². The van der Waals surface area contributed by atoms with Crippen molar-refractivity contribution in [1.29, 1.82) is 0 Å². The SMILES string of the molecule is O=[SH](=O)c1ccc(O)c(O)c1. The van der Waals surface area contributed by atoms with E-state index < -0.39 is 16.5 Å². The van der Waals surface area contributed by atoms with Gasteiger partial charge in [0, 0.05) is 6.07 Å². The molecule has 1 aromatic carbocycles. The van der Waals surface area contributed by atoms with Crippen molar-refractivity contribution in [3.8, 4) is 11.5 Å². The third-order valence-corrected chi connectivity index (χ3v) is 1.87. The van der Waals surface area contributed by atoms with E-state index in [4.69, 9.17) is 10.2 Å². The van der Waals surface area contributed by atoms with Crippen molar-refractivity contribution in [1.82, 2.24) is 0 Å². The number of hydrogen-bond acceptors (Lipinski definition) is 4. The minimum absolute atomic E-state index is 0.0182. The number of phenols is 2. The summed E-state index contributed by atoms with van der Waals surface area (Å²) in [6, 6.07) is 3.32. The molecule has 4 nitrogen and oxygen atoms in total. The lowest BCUT2D eigenvalue weighted by atomic mass is 10.3. The van der Waals surface area contributed by atoms with E-state index in [1.54, 1.807) is 0 Å². The Balaban J connectivity index is 3.26. The largest absolute Gasteiger partial charge is 0.504 e. The Labute approximate surface area is 64.7 Å². The van der Waals surface area contributed by atoms with Crippen molar-refractivity contribution in [3.05, 3.63) is 18.2 Å². The first-order valence-corrected chi connectivity index (χ1v) is 3.95. The van der Waals surface area contributed by atoms with Crippen molar-refractivity contribution >= 4 is 10.7 Å². The zero-order chi connectivity index (χ0) is 8.43. The maximum absolute atomic E-state index is 10.3. The van der Waals surface area contributed by atoms with Crippen LogP contribution in [-0.2, 0) is 10.7 Å². The maximum atomic E-state index is 10.3. The van der Waals surface area contributed by atoms with Crippen LogP contribution in [0.5, 0.6) is 11.5 Å². The lowest BCUT2D eigenvalue weighted by Gasteiger charge is -1.95. The molecule has 0 unspecified atom stereocenters. The highest BCUT2D eigenvalue weighted by Gasteiger charge is 2.00. The zero-order valence-electron chi connectivity index (χ0n) is 5.39. The van der Waals surface area contributed by atoms with Gasteiger partial charge >= 0.3 is 0 Å². The van der Waals surface area contributed by atoms with Gasteiger partial charge in [0.15, 0.2) is 22.2 Å². The summed E-state index contributed by atoms with van der Waals surface area (Å²) in [6.45, 7) is 0. The molecule has 1 aromatic rings. The van der Waals surface area contributed by atoms with Gasteiger partial charge < -0.3 is 10.2 Å². The number of hydrogen-bond donors (Lipinski definition) is 3. The standard InChI is InChI=1S/C6H6O4S/c7-5-2-1-4(11(9)10)3-6(5)8/h1-3,7-8,11H. The summed E-state index contributed by atoms with van der Waals surface area (Å²) in [5, 5.41) is 17.6. The molecule has 0 aromatic heterocycles. The Morgan fingerprint density at radius 2 is 1.73 bits per heavy atom. The van der Waals surface area contributed by atoms with Gasteiger partial charge in [0.2, 0.25) is 0 Å². The van der Waals surface area contributed by atoms with Crippen LogP contribution in [0.2, 0.25) is 0 Å². The predicted molar refractivity (Wildman–Crippen MR) is 38.4 cm³/mol. The van der Waals surface area contributed by atoms with E-state index in [1.165, 1.54) is 6.07 Å². The molecule has 60 valence electrons. The molecule has 5 heteroatoms. The first kappa shape index (κ1) is 7.87. The van der Waals surface area contributed by atoms with Crippen molar-refractivity contribution in [2.45, 2.75) is 4.90 Å². The summed E-state index contributed by atoms with van der Waals surface area (Å²) in [5.74, 6) is -0.757. The molecule has 0 atom stereocenters. The average molecular weight is 174 g/mol. The van der Waals surface area contributed by atoms with E-state index in [0.29, 0.717) is 0 Å². The van der Waals surface area contributed by atoms with Gasteiger partial charge in [-0.2, -0.15) is 0 Å². The van der Waals surface area contributed by atoms with Gasteiger partial charge in [-0.25, -0.2) is 8.42 Å². The molecule has 0 saturated carbocycles. The van der Waals surface area contributed by atoms with Crippen molar-refractivity contribution in [2.75, 3.05) is 0 Å². The number of rotatable bonds is 1. The molecule has 0 bridgehead atoms. The summed E-state index contributed by atoms with van der Waals surface area (Å²) in [7, 11) is -2.70. The van der Waals surface area contributed by atoms with Crippen LogP contribution < -0.4 is 0 Å². The molecule has 11 heavy (non-hydrogen) atoms. The van der Waals surface area contributed by atoms with Crippen LogP contribution in [0.25, 0.3) is 0 Å². The van der Waals surface area contributed by atoms with E-state index >= 15 is 0 Å². The molecule has 0 amide bonds. The third kappa shape index (κ3) is 1.62. The monoisotopic (exact) mass is 174 g/mol. The molecule has 0 radical (unpaired) electrons. The fourth-order valence-electron chi connectivity index (χ4n) is 0.625. The van der Waals surface area contributed by atoms with Gasteiger partial charge in [0.25, 0.3) is 0 Å². The molecule has 0 heterocycles. The van der Waals surface area contributed by atoms with Gasteiger partial charge in [-0.1, -0.05) is 0 Å². The third-order valence-electron chi connectivity index (χ3n) is 1.17. The van der Waals surface area contributed by atoms with E-state index in [-0.39, 0.29) is 10.6 Å². The lowest BCUT2D eigenvalue weighted by molar-refractivity contribution is 0.402. The van der Waals surface area contributed by atoms with Crippen LogP contribution in [0.4, 0.5) is 0 Å². The average Bonchev–Trinajstić information content (AvgIpc) is 1.94. The summed E-state index contributed by atoms with van der Waals surface area (Å²) in [6.07, 6.45) is 0. The number of phenolic OH excluding ortho intramolecular Hbond substituents is 2. The first-order valence-electron chi connectivity index (χ1n) is 2.77. The van der Waals surface area contributed by atoms with Gasteiger partial charge in [-0.15, -0.1) is 0 Å². The van der Waals surface area contributed by atoms with Gasteiger partial charge in [-0.05, 0) is 12.1 Å². The van der Waals surface area contributed by atoms with Gasteiger partial charge in [-0.3, -0.25) is 0 Å². The molecule has 0 aliphatic rings. The maximum Gasteiger partial charge on any atom is 0.168 e. The normalized spacial score (nSPS) is 10.3. The van der Waals surface area contributed by atoms with E-state index in [0.717, 1.165) is 12.1 Å². The number of thiol groups is 1. The fraction of sp³-hybridized carbons (Fsp3) is 0. The molecule has 0 spiro atoms. The fourth-order valence-corrected chi connectivity index (χ4v) is 1.05. The number of aromatic hydroxyl groups is 2. The quantitative estimate of drug-likeness (QED) is 0.416. The summed E-state index contributed by atoms with van der Waals surface area (Å²) >= 11 is 0. The summed E-state index contributed by atoms with van der Waals surface area (Å²) < 4.78 is 20.6. The van der Waals surface area contributed by atoms with Crippen LogP contribution in [0.15, 0.2) is 23.1 Å².